The molecule has 4 N–H and O–H groups in total. The Balaban J connectivity index is 2.32. The van der Waals surface area contributed by atoms with Gasteiger partial charge in [-0.05, 0) is 70.6 Å². The molecule has 0 aromatic heterocycles. The highest BCUT2D eigenvalue weighted by Crippen LogP contribution is 2.22. The maximum Gasteiger partial charge on any atom is 0.306 e. The van der Waals surface area contributed by atoms with Gasteiger partial charge < -0.3 is 39.4 Å². The van der Waals surface area contributed by atoms with Crippen LogP contribution in [-0.2, 0) is 23.7 Å². The van der Waals surface area contributed by atoms with Crippen LogP contribution in [0.3, 0.4) is 0 Å². The van der Waals surface area contributed by atoms with E-state index in [0.29, 0.717) is 13.0 Å². The molecule has 1 rings (SSSR count). The summed E-state index contributed by atoms with van der Waals surface area (Å²) in [5, 5.41) is 40.0. The zero-order chi connectivity index (χ0) is 37.9. The van der Waals surface area contributed by atoms with Crippen LogP contribution in [0.4, 0.5) is 0 Å². The van der Waals surface area contributed by atoms with Gasteiger partial charge in [0.15, 0.2) is 6.29 Å². The van der Waals surface area contributed by atoms with E-state index in [1.165, 1.54) is 77.0 Å². The number of hydrogen-bond acceptors (Lipinski definition) is 9. The van der Waals surface area contributed by atoms with E-state index in [1.54, 1.807) is 0 Å². The summed E-state index contributed by atoms with van der Waals surface area (Å²) in [6.45, 7) is 4.48. The van der Waals surface area contributed by atoms with Gasteiger partial charge in [-0.25, -0.2) is 0 Å². The van der Waals surface area contributed by atoms with Gasteiger partial charge in [0, 0.05) is 13.0 Å². The van der Waals surface area contributed by atoms with Gasteiger partial charge in [-0.15, -0.1) is 0 Å². The minimum atomic E-state index is -1.54. The summed E-state index contributed by atoms with van der Waals surface area (Å²) in [7, 11) is 0. The van der Waals surface area contributed by atoms with Crippen LogP contribution < -0.4 is 0 Å². The van der Waals surface area contributed by atoms with Crippen LogP contribution in [0.15, 0.2) is 36.5 Å². The van der Waals surface area contributed by atoms with Crippen molar-refractivity contribution in [3.63, 3.8) is 0 Å². The summed E-state index contributed by atoms with van der Waals surface area (Å²) in [6.07, 6.45) is 33.0. The van der Waals surface area contributed by atoms with Crippen LogP contribution in [0, 0.1) is 0 Å². The fourth-order valence-electron chi connectivity index (χ4n) is 6.16. The van der Waals surface area contributed by atoms with Crippen LogP contribution in [-0.4, -0.2) is 89.6 Å². The van der Waals surface area contributed by atoms with E-state index >= 15 is 0 Å². The third-order valence-corrected chi connectivity index (χ3v) is 9.53. The van der Waals surface area contributed by atoms with Crippen LogP contribution in [0.1, 0.15) is 168 Å². The second-order valence-electron chi connectivity index (χ2n) is 14.4. The Morgan fingerprint density at radius 3 is 1.71 bits per heavy atom. The van der Waals surface area contributed by atoms with Crippen molar-refractivity contribution in [1.82, 2.24) is 0 Å². The molecule has 0 spiro atoms. The van der Waals surface area contributed by atoms with Crippen molar-refractivity contribution >= 4 is 5.97 Å². The predicted octanol–water partition coefficient (Wildman–Crippen LogP) is 8.80. The van der Waals surface area contributed by atoms with Crippen molar-refractivity contribution in [2.24, 2.45) is 0 Å². The molecule has 1 aliphatic heterocycles. The third-order valence-electron chi connectivity index (χ3n) is 9.53. The minimum absolute atomic E-state index is 0.121. The largest absolute Gasteiger partial charge is 0.457 e. The molecule has 52 heavy (non-hydrogen) atoms. The van der Waals surface area contributed by atoms with Gasteiger partial charge in [-0.3, -0.25) is 4.79 Å². The molecule has 304 valence electrons. The first-order chi connectivity index (χ1) is 25.4. The minimum Gasteiger partial charge on any atom is -0.457 e. The van der Waals surface area contributed by atoms with E-state index in [0.717, 1.165) is 70.6 Å². The summed E-state index contributed by atoms with van der Waals surface area (Å²) in [4.78, 5) is 12.7. The average Bonchev–Trinajstić information content (AvgIpc) is 3.14. The Labute approximate surface area is 317 Å². The lowest BCUT2D eigenvalue weighted by Gasteiger charge is -2.39. The van der Waals surface area contributed by atoms with Crippen molar-refractivity contribution in [2.75, 3.05) is 26.4 Å². The summed E-state index contributed by atoms with van der Waals surface area (Å²) < 4.78 is 22.7. The fraction of sp³-hybridized carbons (Fsp3) is 0.837. The van der Waals surface area contributed by atoms with E-state index in [-0.39, 0.29) is 19.2 Å². The number of carbonyl (C=O) groups is 1. The summed E-state index contributed by atoms with van der Waals surface area (Å²) >= 11 is 0. The van der Waals surface area contributed by atoms with Crippen molar-refractivity contribution in [3.8, 4) is 0 Å². The third kappa shape index (κ3) is 26.2. The molecule has 0 aromatic carbocycles. The second-order valence-corrected chi connectivity index (χ2v) is 14.4. The number of allylic oxidation sites excluding steroid dienone is 6. The van der Waals surface area contributed by atoms with Gasteiger partial charge in [-0.1, -0.05) is 127 Å². The highest BCUT2D eigenvalue weighted by molar-refractivity contribution is 5.69. The topological polar surface area (TPSA) is 135 Å². The maximum absolute atomic E-state index is 12.7. The van der Waals surface area contributed by atoms with Crippen molar-refractivity contribution in [2.45, 2.75) is 205 Å². The van der Waals surface area contributed by atoms with Gasteiger partial charge in [-0.2, -0.15) is 0 Å². The molecule has 0 aliphatic carbocycles. The molecule has 0 amide bonds. The van der Waals surface area contributed by atoms with Gasteiger partial charge in [0.25, 0.3) is 0 Å². The van der Waals surface area contributed by atoms with E-state index in [1.807, 2.05) is 0 Å². The molecule has 9 nitrogen and oxygen atoms in total. The lowest BCUT2D eigenvalue weighted by Crippen LogP contribution is -2.59. The van der Waals surface area contributed by atoms with Gasteiger partial charge in [0.1, 0.15) is 30.5 Å². The molecular formula is C43H78O9. The first kappa shape index (κ1) is 48.4. The van der Waals surface area contributed by atoms with Crippen LogP contribution in [0.25, 0.3) is 0 Å². The monoisotopic (exact) mass is 739 g/mol. The highest BCUT2D eigenvalue weighted by Gasteiger charge is 2.44. The number of unbranched alkanes of at least 4 members (excludes halogenated alkanes) is 18. The Kier molecular flexibility index (Phi) is 32.7. The van der Waals surface area contributed by atoms with E-state index in [2.05, 4.69) is 50.3 Å². The normalized spacial score (nSPS) is 21.5. The number of aliphatic hydroxyl groups excluding tert-OH is 4. The molecule has 0 bridgehead atoms. The molecule has 0 saturated carbocycles. The number of carbonyl (C=O) groups excluding carboxylic acids is 1. The number of ether oxygens (including phenoxy) is 4. The van der Waals surface area contributed by atoms with E-state index < -0.39 is 43.4 Å². The first-order valence-corrected chi connectivity index (χ1v) is 21.1. The predicted molar refractivity (Wildman–Crippen MR) is 210 cm³/mol. The Bertz CT molecular complexity index is 890. The Morgan fingerprint density at radius 2 is 1.12 bits per heavy atom. The smallest absolute Gasteiger partial charge is 0.306 e. The van der Waals surface area contributed by atoms with E-state index in [9.17, 15) is 25.2 Å². The molecule has 0 radical (unpaired) electrons. The molecular weight excluding hydrogens is 660 g/mol. The van der Waals surface area contributed by atoms with Gasteiger partial charge in [0.2, 0.25) is 0 Å². The summed E-state index contributed by atoms with van der Waals surface area (Å²) in [5.41, 5.74) is 0. The standard InChI is InChI=1S/C43H78O9/c1-3-5-7-9-11-13-15-17-19-20-22-24-26-28-30-32-39(45)51-37(36-50-43-42(48)41(47)40(46)38(34-44)52-43)35-49-33-31-29-27-25-23-21-18-16-14-12-10-8-6-4-2/h11,13-14,16-17,19,37-38,40-44,46-48H,3-10,12,15,18,20-36H2,1-2H3/b13-11-,16-14-,19-17-. The molecule has 1 saturated heterocycles. The lowest BCUT2D eigenvalue weighted by atomic mass is 9.99. The van der Waals surface area contributed by atoms with E-state index in [4.69, 9.17) is 18.9 Å². The molecule has 1 aliphatic rings. The Morgan fingerprint density at radius 1 is 0.615 bits per heavy atom. The van der Waals surface area contributed by atoms with Gasteiger partial charge >= 0.3 is 5.97 Å². The van der Waals surface area contributed by atoms with Crippen molar-refractivity contribution in [1.29, 1.82) is 0 Å². The second kappa shape index (κ2) is 35.1. The zero-order valence-electron chi connectivity index (χ0n) is 33.1. The molecule has 6 atom stereocenters. The van der Waals surface area contributed by atoms with Gasteiger partial charge in [0.05, 0.1) is 19.8 Å². The summed E-state index contributed by atoms with van der Waals surface area (Å²) in [6, 6.07) is 0. The van der Waals surface area contributed by atoms with Crippen LogP contribution >= 0.6 is 0 Å². The van der Waals surface area contributed by atoms with Crippen molar-refractivity contribution < 1.29 is 44.2 Å². The fourth-order valence-corrected chi connectivity index (χ4v) is 6.16. The quantitative estimate of drug-likeness (QED) is 0.0286. The molecule has 6 unspecified atom stereocenters. The lowest BCUT2D eigenvalue weighted by molar-refractivity contribution is -0.305. The van der Waals surface area contributed by atoms with Crippen LogP contribution in [0.2, 0.25) is 0 Å². The number of hydrogen-bond donors (Lipinski definition) is 4. The maximum atomic E-state index is 12.7. The number of aliphatic hydroxyl groups is 4. The van der Waals surface area contributed by atoms with Crippen LogP contribution in [0.5, 0.6) is 0 Å². The highest BCUT2D eigenvalue weighted by atomic mass is 16.7. The molecule has 1 fully saturated rings. The summed E-state index contributed by atoms with van der Waals surface area (Å²) in [5.74, 6) is -0.331. The number of rotatable bonds is 35. The number of esters is 1. The molecule has 9 heteroatoms. The first-order valence-electron chi connectivity index (χ1n) is 21.1. The molecule has 1 heterocycles. The zero-order valence-corrected chi connectivity index (χ0v) is 33.1. The average molecular weight is 739 g/mol. The SMILES string of the molecule is CCCCC/C=C\C/C=C\CCCCCCCC(=O)OC(COCCCCCCCC/C=C\CCCCCC)COC1OC(CO)C(O)C(O)C1O. The molecule has 0 aromatic rings. The van der Waals surface area contributed by atoms with Crippen molar-refractivity contribution in [3.05, 3.63) is 36.5 Å². The Hall–Kier alpha value is -1.59.